The number of piperazine rings is 1. The van der Waals surface area contributed by atoms with Crippen LogP contribution in [0, 0.1) is 11.6 Å². The normalized spacial score (nSPS) is 23.9. The molecule has 86 valence electrons. The van der Waals surface area contributed by atoms with Gasteiger partial charge in [-0.1, -0.05) is 0 Å². The number of hydrogen-bond acceptors (Lipinski definition) is 2. The minimum Gasteiger partial charge on any atom is -0.366 e. The molecule has 4 heteroatoms. The highest BCUT2D eigenvalue weighted by Crippen LogP contribution is 2.33. The Morgan fingerprint density at radius 1 is 1.31 bits per heavy atom. The summed E-state index contributed by atoms with van der Waals surface area (Å²) in [5.74, 6) is -0.873. The van der Waals surface area contributed by atoms with Gasteiger partial charge in [0.2, 0.25) is 0 Å². The first-order valence-electron chi connectivity index (χ1n) is 5.71. The third-order valence-electron chi connectivity index (χ3n) is 3.52. The summed E-state index contributed by atoms with van der Waals surface area (Å²) < 4.78 is 26.8. The third kappa shape index (κ3) is 1.48. The summed E-state index contributed by atoms with van der Waals surface area (Å²) in [5, 5.41) is 3.31. The van der Waals surface area contributed by atoms with E-state index >= 15 is 0 Å². The number of fused-ring (bicyclic) bond motifs is 3. The molecule has 0 saturated carbocycles. The number of nitrogens with zero attached hydrogens (tertiary/aromatic N) is 1. The maximum atomic E-state index is 13.6. The van der Waals surface area contributed by atoms with E-state index in [4.69, 9.17) is 0 Å². The molecule has 2 aliphatic heterocycles. The fourth-order valence-electron chi connectivity index (χ4n) is 2.74. The van der Waals surface area contributed by atoms with Gasteiger partial charge in [-0.2, -0.15) is 0 Å². The van der Waals surface area contributed by atoms with Gasteiger partial charge in [0.05, 0.1) is 0 Å². The Morgan fingerprint density at radius 3 is 3.06 bits per heavy atom. The number of benzene rings is 1. The first-order valence-corrected chi connectivity index (χ1v) is 5.71. The van der Waals surface area contributed by atoms with E-state index in [0.717, 1.165) is 37.8 Å². The zero-order valence-electron chi connectivity index (χ0n) is 8.97. The van der Waals surface area contributed by atoms with Crippen LogP contribution < -0.4 is 10.2 Å². The van der Waals surface area contributed by atoms with E-state index in [1.807, 2.05) is 0 Å². The maximum absolute atomic E-state index is 13.6. The Hall–Kier alpha value is -1.16. The molecule has 0 radical (unpaired) electrons. The summed E-state index contributed by atoms with van der Waals surface area (Å²) in [7, 11) is 0. The number of hydrogen-bond donors (Lipinski definition) is 1. The first-order chi connectivity index (χ1) is 7.75. The van der Waals surface area contributed by atoms with E-state index in [-0.39, 0.29) is 0 Å². The molecule has 2 aliphatic rings. The van der Waals surface area contributed by atoms with Crippen molar-refractivity contribution >= 4 is 5.69 Å². The zero-order valence-corrected chi connectivity index (χ0v) is 8.97. The van der Waals surface area contributed by atoms with Crippen LogP contribution in [-0.2, 0) is 6.42 Å². The molecule has 1 atom stereocenters. The molecule has 1 unspecified atom stereocenters. The third-order valence-corrected chi connectivity index (χ3v) is 3.52. The van der Waals surface area contributed by atoms with Crippen molar-refractivity contribution in [1.82, 2.24) is 5.32 Å². The molecule has 0 aliphatic carbocycles. The maximum Gasteiger partial charge on any atom is 0.131 e. The van der Waals surface area contributed by atoms with Gasteiger partial charge in [0.25, 0.3) is 0 Å². The van der Waals surface area contributed by atoms with Crippen molar-refractivity contribution in [3.8, 4) is 0 Å². The topological polar surface area (TPSA) is 15.3 Å². The minimum atomic E-state index is -0.476. The minimum absolute atomic E-state index is 0.391. The van der Waals surface area contributed by atoms with Crippen molar-refractivity contribution in [3.05, 3.63) is 29.3 Å². The largest absolute Gasteiger partial charge is 0.366 e. The highest BCUT2D eigenvalue weighted by atomic mass is 19.1. The summed E-state index contributed by atoms with van der Waals surface area (Å²) in [5.41, 5.74) is 1.44. The molecule has 1 fully saturated rings. The molecular formula is C12H14F2N2. The van der Waals surface area contributed by atoms with Crippen LogP contribution in [-0.4, -0.2) is 25.7 Å². The van der Waals surface area contributed by atoms with Gasteiger partial charge >= 0.3 is 0 Å². The van der Waals surface area contributed by atoms with Crippen LogP contribution in [0.4, 0.5) is 14.5 Å². The lowest BCUT2D eigenvalue weighted by Gasteiger charge is -2.42. The number of rotatable bonds is 0. The van der Waals surface area contributed by atoms with Gasteiger partial charge in [0, 0.05) is 43.0 Å². The van der Waals surface area contributed by atoms with Gasteiger partial charge in [0.15, 0.2) is 0 Å². The van der Waals surface area contributed by atoms with E-state index in [1.165, 1.54) is 6.07 Å². The average Bonchev–Trinajstić information content (AvgIpc) is 2.28. The van der Waals surface area contributed by atoms with Crippen LogP contribution in [0.5, 0.6) is 0 Å². The fraction of sp³-hybridized carbons (Fsp3) is 0.500. The standard InChI is InChI=1S/C12H14F2N2/c13-8-5-11(14)10-2-1-9-7-15-3-4-16(9)12(10)6-8/h5-6,9,15H,1-4,7H2. The average molecular weight is 224 g/mol. The number of halogens is 2. The Labute approximate surface area is 93.3 Å². The molecule has 0 spiro atoms. The SMILES string of the molecule is Fc1cc(F)c2c(c1)N1CCNCC1CC2. The van der Waals surface area contributed by atoms with Crippen LogP contribution >= 0.6 is 0 Å². The van der Waals surface area contributed by atoms with E-state index in [1.54, 1.807) is 0 Å². The smallest absolute Gasteiger partial charge is 0.131 e. The number of nitrogens with one attached hydrogen (secondary N) is 1. The molecule has 1 aromatic rings. The molecule has 0 amide bonds. The van der Waals surface area contributed by atoms with Crippen LogP contribution in [0.1, 0.15) is 12.0 Å². The molecule has 3 rings (SSSR count). The predicted octanol–water partition coefficient (Wildman–Crippen LogP) is 1.69. The summed E-state index contributed by atoms with van der Waals surface area (Å²) >= 11 is 0. The fourth-order valence-corrected chi connectivity index (χ4v) is 2.74. The molecule has 16 heavy (non-hydrogen) atoms. The molecule has 2 heterocycles. The van der Waals surface area contributed by atoms with Gasteiger partial charge in [-0.25, -0.2) is 8.78 Å². The molecule has 2 nitrogen and oxygen atoms in total. The van der Waals surface area contributed by atoms with Gasteiger partial charge in [-0.3, -0.25) is 0 Å². The summed E-state index contributed by atoms with van der Waals surface area (Å²) in [6.07, 6.45) is 1.66. The van der Waals surface area contributed by atoms with E-state index in [0.29, 0.717) is 18.0 Å². The van der Waals surface area contributed by atoms with Crippen LogP contribution in [0.2, 0.25) is 0 Å². The molecule has 1 saturated heterocycles. The van der Waals surface area contributed by atoms with Crippen LogP contribution in [0.3, 0.4) is 0 Å². The second kappa shape index (κ2) is 3.70. The Morgan fingerprint density at radius 2 is 2.19 bits per heavy atom. The first kappa shape index (κ1) is 10.0. The molecule has 0 bridgehead atoms. The highest BCUT2D eigenvalue weighted by Gasteiger charge is 2.30. The van der Waals surface area contributed by atoms with Gasteiger partial charge in [0.1, 0.15) is 11.6 Å². The zero-order chi connectivity index (χ0) is 11.1. The van der Waals surface area contributed by atoms with E-state index in [2.05, 4.69) is 10.2 Å². The van der Waals surface area contributed by atoms with Crippen molar-refractivity contribution in [3.63, 3.8) is 0 Å². The number of anilines is 1. The van der Waals surface area contributed by atoms with Gasteiger partial charge < -0.3 is 10.2 Å². The van der Waals surface area contributed by atoms with E-state index in [9.17, 15) is 8.78 Å². The monoisotopic (exact) mass is 224 g/mol. The summed E-state index contributed by atoms with van der Waals surface area (Å²) in [6.45, 7) is 2.63. The lowest BCUT2D eigenvalue weighted by Crippen LogP contribution is -2.53. The Bertz CT molecular complexity index is 420. The molecular weight excluding hydrogens is 210 g/mol. The summed E-state index contributed by atoms with van der Waals surface area (Å²) in [6, 6.07) is 2.85. The van der Waals surface area contributed by atoms with Gasteiger partial charge in [-0.15, -0.1) is 0 Å². The second-order valence-electron chi connectivity index (χ2n) is 4.48. The van der Waals surface area contributed by atoms with Crippen molar-refractivity contribution < 1.29 is 8.78 Å². The quantitative estimate of drug-likeness (QED) is 0.721. The van der Waals surface area contributed by atoms with Crippen LogP contribution in [0.15, 0.2) is 12.1 Å². The highest BCUT2D eigenvalue weighted by molar-refractivity contribution is 5.57. The Balaban J connectivity index is 2.06. The lowest BCUT2D eigenvalue weighted by atomic mass is 9.94. The van der Waals surface area contributed by atoms with Crippen molar-refractivity contribution in [2.75, 3.05) is 24.5 Å². The molecule has 1 N–H and O–H groups in total. The van der Waals surface area contributed by atoms with E-state index < -0.39 is 11.6 Å². The Kier molecular flexibility index (Phi) is 2.32. The van der Waals surface area contributed by atoms with Gasteiger partial charge in [-0.05, 0) is 18.9 Å². The van der Waals surface area contributed by atoms with Crippen molar-refractivity contribution in [2.24, 2.45) is 0 Å². The predicted molar refractivity (Wildman–Crippen MR) is 58.7 cm³/mol. The summed E-state index contributed by atoms with van der Waals surface area (Å²) in [4.78, 5) is 2.14. The molecule has 1 aromatic carbocycles. The molecule has 0 aromatic heterocycles. The van der Waals surface area contributed by atoms with Crippen LogP contribution in [0.25, 0.3) is 0 Å². The lowest BCUT2D eigenvalue weighted by molar-refractivity contribution is 0.431. The second-order valence-corrected chi connectivity index (χ2v) is 4.48. The van der Waals surface area contributed by atoms with Crippen molar-refractivity contribution in [2.45, 2.75) is 18.9 Å². The van der Waals surface area contributed by atoms with Crippen molar-refractivity contribution in [1.29, 1.82) is 0 Å².